The van der Waals surface area contributed by atoms with E-state index in [2.05, 4.69) is 53.2 Å². The topological polar surface area (TPSA) is 416 Å². The number of ether oxygens (including phenoxy) is 4. The number of alkyl carbamates (subject to hydrolysis) is 2. The van der Waals surface area contributed by atoms with E-state index in [1.54, 1.807) is 77.9 Å². The highest BCUT2D eigenvalue weighted by Crippen LogP contribution is 2.36. The average Bonchev–Trinajstić information content (AvgIpc) is 1.68. The van der Waals surface area contributed by atoms with Gasteiger partial charge in [0.1, 0.15) is 34.3 Å². The van der Waals surface area contributed by atoms with E-state index in [1.807, 2.05) is 35.3 Å². The molecule has 2 aromatic rings. The number of rotatable bonds is 41. The maximum absolute atomic E-state index is 12.8. The summed E-state index contributed by atoms with van der Waals surface area (Å²) in [6.45, 7) is 12.0. The Kier molecular flexibility index (Phi) is 37.1. The van der Waals surface area contributed by atoms with Gasteiger partial charge in [0.15, 0.2) is 0 Å². The summed E-state index contributed by atoms with van der Waals surface area (Å²) in [5.74, 6) is 0.675. The number of benzene rings is 2. The number of carboxylic acid groups (broad SMARTS) is 1. The van der Waals surface area contributed by atoms with Gasteiger partial charge in [-0.3, -0.25) is 33.6 Å². The average molecular weight is 1570 g/mol. The molecule has 0 saturated carbocycles. The highest BCUT2D eigenvalue weighted by molar-refractivity contribution is 8.00. The van der Waals surface area contributed by atoms with E-state index in [0.29, 0.717) is 103 Å². The molecule has 0 spiro atoms. The highest BCUT2D eigenvalue weighted by Gasteiger charge is 2.45. The van der Waals surface area contributed by atoms with E-state index < -0.39 is 41.3 Å². The Morgan fingerprint density at radius 3 is 0.963 bits per heavy atom. The lowest BCUT2D eigenvalue weighted by atomic mass is 9.97. The monoisotopic (exact) mass is 1560 g/mol. The summed E-state index contributed by atoms with van der Waals surface area (Å²) in [4.78, 5) is 168. The summed E-state index contributed by atoms with van der Waals surface area (Å²) in [6, 6.07) is 10.9. The van der Waals surface area contributed by atoms with E-state index in [-0.39, 0.29) is 158 Å². The number of unbranched alkanes of at least 4 members (excludes halogenated alkanes) is 3. The second-order valence-corrected chi connectivity index (χ2v) is 33.7. The largest absolute Gasteiger partial charge is 0.481 e. The van der Waals surface area contributed by atoms with Crippen molar-refractivity contribution in [1.29, 1.82) is 0 Å². The van der Waals surface area contributed by atoms with E-state index in [9.17, 15) is 67.1 Å². The standard InChI is InChI=1S/C38H54N6O8S2.C28H42N2O8.C10H16N2O3S/c1-52-36(49)25-17-23(19-26(45)8-6-14-39-32(47)12-4-2-10-30-34-28(21-53-30)41-37(50)43-34)16-24(18-25)20-27(46)9-7-15-40-33(48)13-5-3-11-31-35-29(22-54-31)42-38(51)44-35;1-27(2,3)37-25(34)29-12-8-10-22(31)17-19-14-20(16-21(15-19)24(33)36-7)18-23(32)11-9-13-30-26(35)38-28(4,5)6;13-8(14)4-2-1-3-7-9-6(5-16-7)11-10(15)12-9/h16-18,28-31,34-35H,2-15,19-22H2,1H3,(H,39,47)(H,40,48)(H2,41,43,50)(H2,42,44,51);14-16H,8-13,17-18H2,1-7H3,(H,29,34)(H,30,35);6-7,9H,1-5H2,(H,13,14)(H2,11,12,15). The van der Waals surface area contributed by atoms with Gasteiger partial charge in [-0.25, -0.2) is 33.6 Å². The number of hydrogen-bond acceptors (Lipinski definition) is 21. The lowest BCUT2D eigenvalue weighted by molar-refractivity contribution is -0.137. The second kappa shape index (κ2) is 45.1. The van der Waals surface area contributed by atoms with Crippen LogP contribution in [0.3, 0.4) is 0 Å². The fourth-order valence-electron chi connectivity index (χ4n) is 13.3. The molecule has 0 bridgehead atoms. The van der Waals surface area contributed by atoms with Gasteiger partial charge in [0, 0.05) is 130 Å². The molecule has 6 aliphatic heterocycles. The number of carboxylic acids is 1. The molecule has 9 unspecified atom stereocenters. The van der Waals surface area contributed by atoms with Crippen molar-refractivity contribution in [2.75, 3.05) is 57.7 Å². The van der Waals surface area contributed by atoms with Crippen LogP contribution in [0, 0.1) is 0 Å². The molecule has 11 N–H and O–H groups in total. The molecule has 6 saturated heterocycles. The molecule has 10 amide bonds. The van der Waals surface area contributed by atoms with E-state index in [0.717, 1.165) is 75.0 Å². The van der Waals surface area contributed by atoms with Crippen LogP contribution >= 0.6 is 35.3 Å². The van der Waals surface area contributed by atoms with Crippen LogP contribution in [-0.4, -0.2) is 209 Å². The second-order valence-electron chi connectivity index (χ2n) is 29.9. The van der Waals surface area contributed by atoms with Gasteiger partial charge in [0.05, 0.1) is 61.6 Å². The molecule has 108 heavy (non-hydrogen) atoms. The number of hydrogen-bond donors (Lipinski definition) is 11. The molecule has 6 heterocycles. The third-order valence-electron chi connectivity index (χ3n) is 18.3. The summed E-state index contributed by atoms with van der Waals surface area (Å²) in [5, 5.41) is 38.4. The number of Topliss-reactive ketones (excluding diaryl/α,β-unsaturated/α-hetero) is 4. The fraction of sp³-hybridized carbons (Fsp3) is 0.658. The Labute approximate surface area is 645 Å². The van der Waals surface area contributed by atoms with Crippen molar-refractivity contribution in [1.82, 2.24) is 53.2 Å². The summed E-state index contributed by atoms with van der Waals surface area (Å²) in [5.41, 5.74) is 1.80. The molecule has 598 valence electrons. The van der Waals surface area contributed by atoms with Gasteiger partial charge in [-0.2, -0.15) is 35.3 Å². The molecule has 9 atom stereocenters. The molecule has 2 aromatic carbocycles. The van der Waals surface area contributed by atoms with Crippen LogP contribution in [-0.2, 0) is 78.2 Å². The number of ketones is 4. The van der Waals surface area contributed by atoms with Gasteiger partial charge >= 0.3 is 48.2 Å². The van der Waals surface area contributed by atoms with Crippen molar-refractivity contribution in [3.05, 3.63) is 69.8 Å². The van der Waals surface area contributed by atoms with E-state index in [1.165, 1.54) is 14.2 Å². The Hall–Kier alpha value is -8.13. The summed E-state index contributed by atoms with van der Waals surface area (Å²) >= 11 is 5.60. The number of urea groups is 3. The normalized spacial score (nSPS) is 20.6. The molecule has 0 aliphatic carbocycles. The summed E-state index contributed by atoms with van der Waals surface area (Å²) in [7, 11) is 2.54. The summed E-state index contributed by atoms with van der Waals surface area (Å²) < 4.78 is 20.0. The number of thioether (sulfide) groups is 3. The third kappa shape index (κ3) is 33.4. The molecule has 0 aromatic heterocycles. The van der Waals surface area contributed by atoms with Crippen LogP contribution in [0.4, 0.5) is 24.0 Å². The van der Waals surface area contributed by atoms with Gasteiger partial charge in [-0.05, 0) is 152 Å². The van der Waals surface area contributed by atoms with Gasteiger partial charge in [-0.15, -0.1) is 0 Å². The Balaban J connectivity index is 0.000000291. The number of esters is 2. The van der Waals surface area contributed by atoms with Crippen molar-refractivity contribution >= 4 is 118 Å². The maximum atomic E-state index is 12.8. The summed E-state index contributed by atoms with van der Waals surface area (Å²) in [6.07, 6.45) is 11.1. The predicted molar refractivity (Wildman–Crippen MR) is 411 cm³/mol. The van der Waals surface area contributed by atoms with Crippen LogP contribution in [0.2, 0.25) is 0 Å². The first-order valence-corrected chi connectivity index (χ1v) is 40.7. The van der Waals surface area contributed by atoms with Gasteiger partial charge in [-0.1, -0.05) is 31.4 Å². The van der Waals surface area contributed by atoms with Crippen molar-refractivity contribution in [3.8, 4) is 0 Å². The Bertz CT molecular complexity index is 3290. The van der Waals surface area contributed by atoms with Crippen molar-refractivity contribution in [2.24, 2.45) is 0 Å². The first-order chi connectivity index (χ1) is 51.3. The van der Waals surface area contributed by atoms with Gasteiger partial charge in [0.2, 0.25) is 11.8 Å². The van der Waals surface area contributed by atoms with Crippen molar-refractivity contribution in [3.63, 3.8) is 0 Å². The minimum atomic E-state index is -0.729. The smallest absolute Gasteiger partial charge is 0.407 e. The molecule has 29 nitrogen and oxygen atoms in total. The maximum Gasteiger partial charge on any atom is 0.407 e. The quantitative estimate of drug-likeness (QED) is 0.0130. The lowest BCUT2D eigenvalue weighted by Gasteiger charge is -2.19. The molecule has 32 heteroatoms. The minimum absolute atomic E-state index is 0.0363. The fourth-order valence-corrected chi connectivity index (χ4v) is 17.9. The first-order valence-electron chi connectivity index (χ1n) is 37.6. The van der Waals surface area contributed by atoms with Crippen LogP contribution in [0.25, 0.3) is 0 Å². The van der Waals surface area contributed by atoms with E-state index >= 15 is 0 Å². The number of fused-ring (bicyclic) bond motifs is 3. The zero-order valence-corrected chi connectivity index (χ0v) is 66.1. The van der Waals surface area contributed by atoms with Crippen molar-refractivity contribution in [2.45, 2.75) is 259 Å². The Morgan fingerprint density at radius 1 is 0.398 bits per heavy atom. The number of carbonyl (C=O) groups excluding carboxylic acids is 13. The number of nitrogens with one attached hydrogen (secondary N) is 10. The third-order valence-corrected chi connectivity index (χ3v) is 22.8. The Morgan fingerprint density at radius 2 is 0.685 bits per heavy atom. The SMILES string of the molecule is COC(=O)c1cc(CC(=O)CCCNC(=O)CCCCC2SCC3NC(=O)NC32)cc(CC(=O)CCCNC(=O)CCCCC2SCC3NC(=O)NC32)c1.COC(=O)c1cc(CC(=O)CCCNC(=O)OC(C)(C)C)cc(CC(=O)CCCNC(=O)OC(C)(C)C)c1.O=C(O)CCCCC1SCC2NC(=O)NC21. The van der Waals surface area contributed by atoms with Crippen LogP contribution in [0.5, 0.6) is 0 Å². The molecular formula is C76H112N10O19S3. The van der Waals surface area contributed by atoms with Crippen LogP contribution in [0.15, 0.2) is 36.4 Å². The van der Waals surface area contributed by atoms with E-state index in [4.69, 9.17) is 24.1 Å². The highest BCUT2D eigenvalue weighted by atomic mass is 32.2. The number of carbonyl (C=O) groups is 14. The van der Waals surface area contributed by atoms with Gasteiger partial charge < -0.3 is 77.2 Å². The predicted octanol–water partition coefficient (Wildman–Crippen LogP) is 8.04. The lowest BCUT2D eigenvalue weighted by Crippen LogP contribution is -2.36. The number of amides is 10. The number of aliphatic carboxylic acids is 1. The molecule has 8 rings (SSSR count). The molecular weight excluding hydrogens is 1450 g/mol. The van der Waals surface area contributed by atoms with Crippen LogP contribution < -0.4 is 53.2 Å². The zero-order chi connectivity index (χ0) is 78.9. The molecule has 6 fully saturated rings. The molecule has 0 radical (unpaired) electrons. The zero-order valence-electron chi connectivity index (χ0n) is 63.6. The van der Waals surface area contributed by atoms with Gasteiger partial charge in [0.25, 0.3) is 0 Å². The van der Waals surface area contributed by atoms with Crippen LogP contribution in [0.1, 0.15) is 213 Å². The minimum Gasteiger partial charge on any atom is -0.481 e. The number of methoxy groups -OCH3 is 2. The molecule has 6 aliphatic rings. The first kappa shape index (κ1) is 88.8. The van der Waals surface area contributed by atoms with Crippen molar-refractivity contribution < 1.29 is 91.2 Å².